The molecule has 0 saturated carbocycles. The monoisotopic (exact) mass is 911 g/mol. The SMILES string of the molecule is CC(C)(C)c1ccc(-c2c3ccc(C(C)(C)C)cc3c(-c3ccc(-c4ccccc4)cc3)c3c(C4=CCC(C(C)(C)C)C=C4)c4ccc(C(C)(C)C)cc4c(-c4ccc(-c5ccccc5)cc4)c23)cc1. The Balaban J connectivity index is 1.46. The first kappa shape index (κ1) is 46.9. The van der Waals surface area contributed by atoms with Gasteiger partial charge in [-0.25, -0.2) is 0 Å². The fourth-order valence-electron chi connectivity index (χ4n) is 10.9. The Labute approximate surface area is 418 Å². The average molecular weight is 911 g/mol. The molecule has 0 amide bonds. The Bertz CT molecular complexity index is 3460. The second-order valence-electron chi connectivity index (χ2n) is 24.2. The van der Waals surface area contributed by atoms with Crippen molar-refractivity contribution in [2.24, 2.45) is 11.3 Å². The van der Waals surface area contributed by atoms with Crippen molar-refractivity contribution in [3.05, 3.63) is 210 Å². The van der Waals surface area contributed by atoms with Gasteiger partial charge in [-0.2, -0.15) is 0 Å². The molecular formula is C70H70. The van der Waals surface area contributed by atoms with Crippen LogP contribution < -0.4 is 0 Å². The molecule has 0 fully saturated rings. The topological polar surface area (TPSA) is 0 Å². The molecule has 10 rings (SSSR count). The number of allylic oxidation sites excluding steroid dienone is 4. The fourth-order valence-corrected chi connectivity index (χ4v) is 10.9. The summed E-state index contributed by atoms with van der Waals surface area (Å²) in [5, 5.41) is 7.74. The fraction of sp³-hybridized carbons (Fsp3) is 0.257. The summed E-state index contributed by atoms with van der Waals surface area (Å²) in [4.78, 5) is 0. The Hall–Kier alpha value is -6.76. The molecule has 0 spiro atoms. The molecule has 0 heterocycles. The number of hydrogen-bond acceptors (Lipinski definition) is 0. The van der Waals surface area contributed by atoms with Crippen molar-refractivity contribution in [2.45, 2.75) is 106 Å². The van der Waals surface area contributed by atoms with Crippen LogP contribution in [-0.4, -0.2) is 0 Å². The Kier molecular flexibility index (Phi) is 11.8. The highest BCUT2D eigenvalue weighted by Gasteiger charge is 2.30. The number of hydrogen-bond donors (Lipinski definition) is 0. The van der Waals surface area contributed by atoms with Crippen LogP contribution in [-0.2, 0) is 16.2 Å². The average Bonchev–Trinajstić information content (AvgIpc) is 3.34. The maximum absolute atomic E-state index is 2.56. The molecule has 0 saturated heterocycles. The zero-order chi connectivity index (χ0) is 49.3. The number of fused-ring (bicyclic) bond motifs is 3. The van der Waals surface area contributed by atoms with Crippen LogP contribution in [0, 0.1) is 11.3 Å². The zero-order valence-corrected chi connectivity index (χ0v) is 43.7. The van der Waals surface area contributed by atoms with Crippen molar-refractivity contribution in [3.8, 4) is 55.6 Å². The van der Waals surface area contributed by atoms with Gasteiger partial charge in [-0.1, -0.05) is 259 Å². The van der Waals surface area contributed by atoms with Gasteiger partial charge in [0.15, 0.2) is 0 Å². The molecule has 0 aliphatic heterocycles. The molecule has 1 unspecified atom stereocenters. The number of benzene rings is 9. The van der Waals surface area contributed by atoms with E-state index in [-0.39, 0.29) is 21.7 Å². The van der Waals surface area contributed by atoms with E-state index in [0.717, 1.165) is 6.42 Å². The van der Waals surface area contributed by atoms with E-state index >= 15 is 0 Å². The van der Waals surface area contributed by atoms with E-state index in [4.69, 9.17) is 0 Å². The summed E-state index contributed by atoms with van der Waals surface area (Å²) < 4.78 is 0. The van der Waals surface area contributed by atoms with Crippen LogP contribution in [0.15, 0.2) is 188 Å². The summed E-state index contributed by atoms with van der Waals surface area (Å²) in [7, 11) is 0. The first-order valence-corrected chi connectivity index (χ1v) is 25.6. The van der Waals surface area contributed by atoms with Crippen molar-refractivity contribution >= 4 is 37.9 Å². The van der Waals surface area contributed by atoms with Crippen LogP contribution in [0.1, 0.15) is 112 Å². The van der Waals surface area contributed by atoms with E-state index in [9.17, 15) is 0 Å². The van der Waals surface area contributed by atoms with Gasteiger partial charge >= 0.3 is 0 Å². The molecule has 0 nitrogen and oxygen atoms in total. The summed E-state index contributed by atoms with van der Waals surface area (Å²) in [6.07, 6.45) is 8.53. The molecule has 0 aromatic heterocycles. The molecule has 9 aromatic rings. The van der Waals surface area contributed by atoms with Gasteiger partial charge in [-0.15, -0.1) is 0 Å². The van der Waals surface area contributed by atoms with Gasteiger partial charge < -0.3 is 0 Å². The maximum Gasteiger partial charge on any atom is -0.000139 e. The minimum Gasteiger partial charge on any atom is -0.0800 e. The van der Waals surface area contributed by atoms with Crippen LogP contribution >= 0.6 is 0 Å². The molecule has 350 valence electrons. The summed E-state index contributed by atoms with van der Waals surface area (Å²) in [6, 6.07) is 64.9. The quantitative estimate of drug-likeness (QED) is 0.146. The van der Waals surface area contributed by atoms with Crippen molar-refractivity contribution in [1.82, 2.24) is 0 Å². The smallest absolute Gasteiger partial charge is 0.000139 e. The van der Waals surface area contributed by atoms with E-state index < -0.39 is 0 Å². The first-order chi connectivity index (χ1) is 33.3. The molecule has 0 bridgehead atoms. The Morgan fingerprint density at radius 3 is 1.06 bits per heavy atom. The highest BCUT2D eigenvalue weighted by atomic mass is 14.3. The maximum atomic E-state index is 2.56. The standard InChI is InChI=1S/C70H70/c1-67(2,3)53-35-31-51(32-36-53)61-57-41-39-55(69(7,8)9)43-59(57)64(50-29-25-48(26-30-50)46-21-17-14-18-22-46)66-62(52-33-37-54(38-34-52)68(4,5)6)58-42-40-56(70(10,11)12)44-60(58)63(65(61)66)49-27-23-47(24-28-49)45-19-15-13-16-20-45/h13-37,39-44,54H,38H2,1-12H3. The molecule has 0 N–H and O–H groups in total. The molecule has 1 atom stereocenters. The van der Waals surface area contributed by atoms with Gasteiger partial charge in [0.1, 0.15) is 0 Å². The predicted octanol–water partition coefficient (Wildman–Crippen LogP) is 20.4. The molecular weight excluding hydrogens is 841 g/mol. The Morgan fingerprint density at radius 1 is 0.329 bits per heavy atom. The van der Waals surface area contributed by atoms with Gasteiger partial charge in [-0.3, -0.25) is 0 Å². The lowest BCUT2D eigenvalue weighted by Crippen LogP contribution is -2.19. The van der Waals surface area contributed by atoms with Crippen LogP contribution in [0.25, 0.3) is 93.5 Å². The third-order valence-corrected chi connectivity index (χ3v) is 15.2. The summed E-state index contributed by atoms with van der Waals surface area (Å²) in [5.74, 6) is 0.445. The third kappa shape index (κ3) is 8.76. The van der Waals surface area contributed by atoms with E-state index in [1.807, 2.05) is 0 Å². The van der Waals surface area contributed by atoms with Crippen molar-refractivity contribution in [1.29, 1.82) is 0 Å². The van der Waals surface area contributed by atoms with Gasteiger partial charge in [-0.05, 0) is 162 Å². The molecule has 70 heavy (non-hydrogen) atoms. The van der Waals surface area contributed by atoms with Crippen LogP contribution in [0.5, 0.6) is 0 Å². The Morgan fingerprint density at radius 2 is 0.671 bits per heavy atom. The molecule has 9 aromatic carbocycles. The van der Waals surface area contributed by atoms with Crippen LogP contribution in [0.2, 0.25) is 0 Å². The van der Waals surface area contributed by atoms with Crippen LogP contribution in [0.3, 0.4) is 0 Å². The van der Waals surface area contributed by atoms with Crippen molar-refractivity contribution < 1.29 is 0 Å². The van der Waals surface area contributed by atoms with Gasteiger partial charge in [0.05, 0.1) is 0 Å². The van der Waals surface area contributed by atoms with Crippen LogP contribution in [0.4, 0.5) is 0 Å². The van der Waals surface area contributed by atoms with Crippen molar-refractivity contribution in [3.63, 3.8) is 0 Å². The normalized spacial score (nSPS) is 14.7. The third-order valence-electron chi connectivity index (χ3n) is 15.2. The van der Waals surface area contributed by atoms with E-state index in [2.05, 4.69) is 271 Å². The number of rotatable bonds is 6. The van der Waals surface area contributed by atoms with E-state index in [1.165, 1.54) is 116 Å². The van der Waals surface area contributed by atoms with E-state index in [1.54, 1.807) is 0 Å². The largest absolute Gasteiger partial charge is 0.0800 e. The second-order valence-corrected chi connectivity index (χ2v) is 24.2. The van der Waals surface area contributed by atoms with Crippen molar-refractivity contribution in [2.75, 3.05) is 0 Å². The second kappa shape index (κ2) is 17.6. The molecule has 1 aliphatic carbocycles. The van der Waals surface area contributed by atoms with Gasteiger partial charge in [0, 0.05) is 0 Å². The van der Waals surface area contributed by atoms with Gasteiger partial charge in [0.2, 0.25) is 0 Å². The highest BCUT2D eigenvalue weighted by molar-refractivity contribution is 6.32. The highest BCUT2D eigenvalue weighted by Crippen LogP contribution is 2.54. The lowest BCUT2D eigenvalue weighted by atomic mass is 9.73. The van der Waals surface area contributed by atoms with E-state index in [0.29, 0.717) is 5.92 Å². The predicted molar refractivity (Wildman–Crippen MR) is 307 cm³/mol. The summed E-state index contributed by atoms with van der Waals surface area (Å²) in [6.45, 7) is 28.2. The molecule has 1 aliphatic rings. The lowest BCUT2D eigenvalue weighted by Gasteiger charge is -2.31. The zero-order valence-electron chi connectivity index (χ0n) is 43.7. The minimum absolute atomic E-state index is 0.0170. The summed E-state index contributed by atoms with van der Waals surface area (Å²) >= 11 is 0. The van der Waals surface area contributed by atoms with Gasteiger partial charge in [0.25, 0.3) is 0 Å². The molecule has 0 radical (unpaired) electrons. The lowest BCUT2D eigenvalue weighted by molar-refractivity contribution is 0.294. The molecule has 0 heteroatoms. The summed E-state index contributed by atoms with van der Waals surface area (Å²) in [5.41, 5.74) is 19.1. The minimum atomic E-state index is -0.0655. The first-order valence-electron chi connectivity index (χ1n) is 25.6.